The van der Waals surface area contributed by atoms with Crippen molar-refractivity contribution in [3.05, 3.63) is 97.3 Å². The third-order valence-corrected chi connectivity index (χ3v) is 4.57. The first-order chi connectivity index (χ1) is 14.2. The van der Waals surface area contributed by atoms with Crippen LogP contribution in [0.15, 0.2) is 85.8 Å². The van der Waals surface area contributed by atoms with Crippen LogP contribution in [-0.2, 0) is 4.79 Å². The van der Waals surface area contributed by atoms with E-state index in [-0.39, 0.29) is 5.91 Å². The molecular formula is C24H16N4O. The Morgan fingerprint density at radius 1 is 1.03 bits per heavy atom. The second kappa shape index (κ2) is 7.75. The van der Waals surface area contributed by atoms with Crippen LogP contribution in [0.3, 0.4) is 0 Å². The lowest BCUT2D eigenvalue weighted by molar-refractivity contribution is -0.111. The fourth-order valence-corrected chi connectivity index (χ4v) is 3.25. The van der Waals surface area contributed by atoms with Gasteiger partial charge in [-0.25, -0.2) is 14.8 Å². The highest BCUT2D eigenvalue weighted by molar-refractivity contribution is 6.01. The van der Waals surface area contributed by atoms with Crippen LogP contribution in [0.1, 0.15) is 0 Å². The SMILES string of the molecule is [C-]#[N+]c1ccccc1-c1cc(-c2cccc(NC(=O)C=C)c2)c2ncncc2c1. The van der Waals surface area contributed by atoms with Crippen LogP contribution in [0.5, 0.6) is 0 Å². The van der Waals surface area contributed by atoms with Crippen LogP contribution in [-0.4, -0.2) is 15.9 Å². The molecule has 5 nitrogen and oxygen atoms in total. The molecule has 138 valence electrons. The van der Waals surface area contributed by atoms with E-state index in [9.17, 15) is 4.79 Å². The van der Waals surface area contributed by atoms with E-state index in [0.29, 0.717) is 11.4 Å². The second-order valence-electron chi connectivity index (χ2n) is 6.39. The molecule has 5 heteroatoms. The van der Waals surface area contributed by atoms with Gasteiger partial charge < -0.3 is 5.32 Å². The van der Waals surface area contributed by atoms with Crippen molar-refractivity contribution in [2.75, 3.05) is 5.32 Å². The molecule has 4 rings (SSSR count). The number of nitrogens with one attached hydrogen (secondary N) is 1. The van der Waals surface area contributed by atoms with Crippen molar-refractivity contribution >= 4 is 28.2 Å². The van der Waals surface area contributed by atoms with Gasteiger partial charge in [0, 0.05) is 22.8 Å². The molecule has 4 aromatic rings. The van der Waals surface area contributed by atoms with Crippen LogP contribution in [0, 0.1) is 6.57 Å². The van der Waals surface area contributed by atoms with Crippen LogP contribution in [0.25, 0.3) is 38.0 Å². The number of fused-ring (bicyclic) bond motifs is 1. The molecule has 0 aliphatic rings. The second-order valence-corrected chi connectivity index (χ2v) is 6.39. The van der Waals surface area contributed by atoms with E-state index in [1.165, 1.54) is 12.4 Å². The van der Waals surface area contributed by atoms with Crippen molar-refractivity contribution in [2.24, 2.45) is 0 Å². The first kappa shape index (κ1) is 18.1. The van der Waals surface area contributed by atoms with Gasteiger partial charge in [-0.1, -0.05) is 43.0 Å². The third-order valence-electron chi connectivity index (χ3n) is 4.57. The standard InChI is InChI=1S/C24H16N4O/c1-3-23(29)28-19-8-6-7-16(12-19)21-13-17(11-18-14-26-15-27-24(18)21)20-9-4-5-10-22(20)25-2/h3-15H,1H2,(H,28,29). The average Bonchev–Trinajstić information content (AvgIpc) is 2.78. The van der Waals surface area contributed by atoms with Gasteiger partial charge in [0.2, 0.25) is 5.91 Å². The zero-order valence-electron chi connectivity index (χ0n) is 15.5. The lowest BCUT2D eigenvalue weighted by atomic mass is 9.95. The van der Waals surface area contributed by atoms with Crippen LogP contribution < -0.4 is 5.32 Å². The summed E-state index contributed by atoms with van der Waals surface area (Å²) < 4.78 is 0. The Morgan fingerprint density at radius 3 is 2.72 bits per heavy atom. The molecule has 0 fully saturated rings. The minimum Gasteiger partial charge on any atom is -0.323 e. The van der Waals surface area contributed by atoms with Gasteiger partial charge in [-0.3, -0.25) is 4.79 Å². The Bertz CT molecular complexity index is 1290. The van der Waals surface area contributed by atoms with Crippen molar-refractivity contribution in [1.29, 1.82) is 0 Å². The number of amides is 1. The van der Waals surface area contributed by atoms with Gasteiger partial charge in [-0.15, -0.1) is 0 Å². The zero-order chi connectivity index (χ0) is 20.2. The normalized spacial score (nSPS) is 10.3. The third kappa shape index (κ3) is 3.60. The summed E-state index contributed by atoms with van der Waals surface area (Å²) in [6.07, 6.45) is 4.51. The lowest BCUT2D eigenvalue weighted by Crippen LogP contribution is -2.07. The van der Waals surface area contributed by atoms with Gasteiger partial charge >= 0.3 is 0 Å². The van der Waals surface area contributed by atoms with Gasteiger partial charge in [0.15, 0.2) is 5.69 Å². The van der Waals surface area contributed by atoms with Gasteiger partial charge in [0.25, 0.3) is 0 Å². The number of aromatic nitrogens is 2. The van der Waals surface area contributed by atoms with Crippen LogP contribution in [0.4, 0.5) is 11.4 Å². The number of rotatable bonds is 4. The molecule has 0 bridgehead atoms. The number of carbonyl (C=O) groups is 1. The number of benzene rings is 3. The minimum absolute atomic E-state index is 0.269. The lowest BCUT2D eigenvalue weighted by Gasteiger charge is -2.12. The van der Waals surface area contributed by atoms with E-state index in [1.807, 2.05) is 54.6 Å². The highest BCUT2D eigenvalue weighted by Crippen LogP contribution is 2.37. The summed E-state index contributed by atoms with van der Waals surface area (Å²) in [5.41, 5.74) is 5.62. The van der Waals surface area contributed by atoms with E-state index in [1.54, 1.807) is 12.3 Å². The number of nitrogens with zero attached hydrogens (tertiary/aromatic N) is 3. The Morgan fingerprint density at radius 2 is 1.90 bits per heavy atom. The number of anilines is 1. The molecule has 0 saturated carbocycles. The summed E-state index contributed by atoms with van der Waals surface area (Å²) in [5.74, 6) is -0.269. The number of hydrogen-bond acceptors (Lipinski definition) is 3. The molecule has 0 radical (unpaired) electrons. The maximum Gasteiger partial charge on any atom is 0.247 e. The van der Waals surface area contributed by atoms with Gasteiger partial charge in [0.05, 0.1) is 12.1 Å². The molecular weight excluding hydrogens is 360 g/mol. The van der Waals surface area contributed by atoms with Crippen molar-refractivity contribution in [3.63, 3.8) is 0 Å². The molecule has 0 spiro atoms. The van der Waals surface area contributed by atoms with Crippen molar-refractivity contribution < 1.29 is 4.79 Å². The van der Waals surface area contributed by atoms with E-state index >= 15 is 0 Å². The molecule has 0 aliphatic carbocycles. The summed E-state index contributed by atoms with van der Waals surface area (Å²) in [4.78, 5) is 23.9. The number of carbonyl (C=O) groups excluding carboxylic acids is 1. The largest absolute Gasteiger partial charge is 0.323 e. The average molecular weight is 376 g/mol. The molecule has 0 unspecified atom stereocenters. The van der Waals surface area contributed by atoms with Crippen molar-refractivity contribution in [2.45, 2.75) is 0 Å². The molecule has 0 saturated heterocycles. The topological polar surface area (TPSA) is 59.2 Å². The van der Waals surface area contributed by atoms with Crippen LogP contribution >= 0.6 is 0 Å². The van der Waals surface area contributed by atoms with Gasteiger partial charge in [-0.05, 0) is 47.0 Å². The summed E-state index contributed by atoms with van der Waals surface area (Å²) in [5, 5.41) is 3.66. The van der Waals surface area contributed by atoms with Crippen LogP contribution in [0.2, 0.25) is 0 Å². The summed E-state index contributed by atoms with van der Waals surface area (Å²) >= 11 is 0. The molecule has 0 aliphatic heterocycles. The summed E-state index contributed by atoms with van der Waals surface area (Å²) in [6.45, 7) is 11.0. The van der Waals surface area contributed by atoms with Crippen molar-refractivity contribution in [1.82, 2.24) is 9.97 Å². The fraction of sp³-hybridized carbons (Fsp3) is 0. The Balaban J connectivity index is 1.93. The fourth-order valence-electron chi connectivity index (χ4n) is 3.25. The predicted octanol–water partition coefficient (Wildman–Crippen LogP) is 5.64. The molecule has 0 atom stereocenters. The first-order valence-corrected chi connectivity index (χ1v) is 8.94. The monoisotopic (exact) mass is 376 g/mol. The molecule has 1 heterocycles. The Hall–Kier alpha value is -4.30. The quantitative estimate of drug-likeness (QED) is 0.370. The Labute approximate surface area is 168 Å². The summed E-state index contributed by atoms with van der Waals surface area (Å²) in [6, 6.07) is 19.1. The molecule has 1 N–H and O–H groups in total. The smallest absolute Gasteiger partial charge is 0.247 e. The Kier molecular flexibility index (Phi) is 4.83. The minimum atomic E-state index is -0.269. The maximum atomic E-state index is 11.7. The van der Waals surface area contributed by atoms with Gasteiger partial charge in [-0.2, -0.15) is 0 Å². The highest BCUT2D eigenvalue weighted by atomic mass is 16.1. The van der Waals surface area contributed by atoms with E-state index in [4.69, 9.17) is 6.57 Å². The van der Waals surface area contributed by atoms with Gasteiger partial charge in [0.1, 0.15) is 6.33 Å². The zero-order valence-corrected chi connectivity index (χ0v) is 15.5. The molecule has 1 aromatic heterocycles. The van der Waals surface area contributed by atoms with E-state index < -0.39 is 0 Å². The maximum absolute atomic E-state index is 11.7. The van der Waals surface area contributed by atoms with E-state index in [0.717, 1.165) is 33.2 Å². The molecule has 1 amide bonds. The number of para-hydroxylation sites is 1. The summed E-state index contributed by atoms with van der Waals surface area (Å²) in [7, 11) is 0. The van der Waals surface area contributed by atoms with Crippen molar-refractivity contribution in [3.8, 4) is 22.3 Å². The predicted molar refractivity (Wildman–Crippen MR) is 115 cm³/mol. The van der Waals surface area contributed by atoms with E-state index in [2.05, 4.69) is 26.7 Å². The molecule has 29 heavy (non-hydrogen) atoms. The highest BCUT2D eigenvalue weighted by Gasteiger charge is 2.12. The molecule has 3 aromatic carbocycles. The number of hydrogen-bond donors (Lipinski definition) is 1. The first-order valence-electron chi connectivity index (χ1n) is 8.94.